The van der Waals surface area contributed by atoms with Crippen LogP contribution < -0.4 is 0 Å². The van der Waals surface area contributed by atoms with Gasteiger partial charge in [0.1, 0.15) is 11.8 Å². The number of aromatic nitrogens is 2. The summed E-state index contributed by atoms with van der Waals surface area (Å²) in [4.78, 5) is 0. The van der Waals surface area contributed by atoms with Crippen LogP contribution >= 0.6 is 0 Å². The van der Waals surface area contributed by atoms with Crippen molar-refractivity contribution in [3.05, 3.63) is 17.5 Å². The third-order valence-electron chi connectivity index (χ3n) is 2.32. The molecule has 1 fully saturated rings. The lowest BCUT2D eigenvalue weighted by Gasteiger charge is -2.00. The number of hydrogen-bond acceptors (Lipinski definition) is 2. The van der Waals surface area contributed by atoms with E-state index in [1.165, 1.54) is 6.07 Å². The first kappa shape index (κ1) is 9.89. The molecular formula is C7H2F5N3. The van der Waals surface area contributed by atoms with Gasteiger partial charge < -0.3 is 0 Å². The quantitative estimate of drug-likeness (QED) is 0.737. The van der Waals surface area contributed by atoms with Crippen LogP contribution in [-0.2, 0) is 5.67 Å². The first-order valence-electron chi connectivity index (χ1n) is 3.69. The fourth-order valence-electron chi connectivity index (χ4n) is 1.36. The van der Waals surface area contributed by atoms with Crippen LogP contribution in [0.1, 0.15) is 11.3 Å². The second kappa shape index (κ2) is 2.29. The fourth-order valence-corrected chi connectivity index (χ4v) is 1.36. The molecule has 0 saturated heterocycles. The minimum absolute atomic E-state index is 0.466. The van der Waals surface area contributed by atoms with Crippen molar-refractivity contribution >= 4 is 0 Å². The summed E-state index contributed by atoms with van der Waals surface area (Å²) < 4.78 is 63.6. The molecule has 8 heteroatoms. The summed E-state index contributed by atoms with van der Waals surface area (Å²) in [7, 11) is 0. The van der Waals surface area contributed by atoms with Gasteiger partial charge in [-0.3, -0.25) is 5.10 Å². The van der Waals surface area contributed by atoms with E-state index in [9.17, 15) is 22.0 Å². The Morgan fingerprint density at radius 3 is 2.13 bits per heavy atom. The number of H-pyrrole nitrogens is 1. The van der Waals surface area contributed by atoms with E-state index in [0.29, 0.717) is 6.20 Å². The normalized spacial score (nSPS) is 24.5. The SMILES string of the molecule is N#Cc1[nH]ncc1C1(F)C(F)(F)C1(F)F. The molecule has 1 N–H and O–H groups in total. The Labute approximate surface area is 79.5 Å². The van der Waals surface area contributed by atoms with Crippen LogP contribution in [-0.4, -0.2) is 22.0 Å². The van der Waals surface area contributed by atoms with Crippen LogP contribution in [0, 0.1) is 11.3 Å². The van der Waals surface area contributed by atoms with E-state index in [2.05, 4.69) is 5.10 Å². The van der Waals surface area contributed by atoms with Gasteiger partial charge in [-0.15, -0.1) is 0 Å². The van der Waals surface area contributed by atoms with Crippen LogP contribution in [0.2, 0.25) is 0 Å². The van der Waals surface area contributed by atoms with Gasteiger partial charge in [0.15, 0.2) is 0 Å². The van der Waals surface area contributed by atoms with Crippen molar-refractivity contribution in [3.63, 3.8) is 0 Å². The summed E-state index contributed by atoms with van der Waals surface area (Å²) in [6.07, 6.45) is 0.466. The monoisotopic (exact) mass is 223 g/mol. The van der Waals surface area contributed by atoms with E-state index in [4.69, 9.17) is 5.26 Å². The second-order valence-electron chi connectivity index (χ2n) is 3.08. The molecule has 15 heavy (non-hydrogen) atoms. The average molecular weight is 223 g/mol. The van der Waals surface area contributed by atoms with Gasteiger partial charge >= 0.3 is 11.8 Å². The predicted molar refractivity (Wildman–Crippen MR) is 36.0 cm³/mol. The van der Waals surface area contributed by atoms with Crippen molar-refractivity contribution in [2.45, 2.75) is 17.5 Å². The van der Waals surface area contributed by atoms with E-state index in [0.717, 1.165) is 0 Å². The molecule has 1 aliphatic rings. The van der Waals surface area contributed by atoms with Crippen molar-refractivity contribution in [2.75, 3.05) is 0 Å². The predicted octanol–water partition coefficient (Wildman–Crippen LogP) is 1.73. The highest BCUT2D eigenvalue weighted by Crippen LogP contribution is 2.73. The van der Waals surface area contributed by atoms with E-state index >= 15 is 0 Å². The maximum atomic E-state index is 13.4. The van der Waals surface area contributed by atoms with E-state index in [1.54, 1.807) is 0 Å². The van der Waals surface area contributed by atoms with Crippen molar-refractivity contribution in [1.29, 1.82) is 5.26 Å². The molecule has 3 nitrogen and oxygen atoms in total. The second-order valence-corrected chi connectivity index (χ2v) is 3.08. The fraction of sp³-hybridized carbons (Fsp3) is 0.429. The van der Waals surface area contributed by atoms with Crippen LogP contribution in [0.5, 0.6) is 0 Å². The molecule has 0 amide bonds. The summed E-state index contributed by atoms with van der Waals surface area (Å²) in [5.74, 6) is -9.59. The molecule has 80 valence electrons. The Hall–Kier alpha value is -1.65. The topological polar surface area (TPSA) is 52.5 Å². The first-order valence-corrected chi connectivity index (χ1v) is 3.69. The largest absolute Gasteiger partial charge is 0.357 e. The molecular weight excluding hydrogens is 221 g/mol. The molecule has 1 saturated carbocycles. The number of hydrogen-bond donors (Lipinski definition) is 1. The van der Waals surface area contributed by atoms with E-state index < -0.39 is 28.8 Å². The molecule has 0 aromatic carbocycles. The van der Waals surface area contributed by atoms with E-state index in [1.807, 2.05) is 5.10 Å². The highest BCUT2D eigenvalue weighted by atomic mass is 19.3. The smallest absolute Gasteiger partial charge is 0.268 e. The Bertz CT molecular complexity index is 443. The lowest BCUT2D eigenvalue weighted by atomic mass is 10.1. The molecule has 0 aliphatic heterocycles. The summed E-state index contributed by atoms with van der Waals surface area (Å²) in [6, 6.07) is 1.27. The average Bonchev–Trinajstić information content (AvgIpc) is 2.61. The lowest BCUT2D eigenvalue weighted by Crippen LogP contribution is -2.11. The zero-order valence-corrected chi connectivity index (χ0v) is 6.86. The zero-order valence-electron chi connectivity index (χ0n) is 6.86. The molecule has 0 bridgehead atoms. The molecule has 0 unspecified atom stereocenters. The van der Waals surface area contributed by atoms with Crippen molar-refractivity contribution < 1.29 is 22.0 Å². The number of halogens is 5. The summed E-state index contributed by atoms with van der Waals surface area (Å²) in [6.45, 7) is 0. The number of rotatable bonds is 1. The standard InChI is InChI=1S/C7H2F5N3/c8-5(6(9,10)7(5,11)12)3-2-14-15-4(3)1-13/h2H,(H,14,15). The Kier molecular flexibility index (Phi) is 1.51. The van der Waals surface area contributed by atoms with Crippen molar-refractivity contribution in [3.8, 4) is 6.07 Å². The summed E-state index contributed by atoms with van der Waals surface area (Å²) in [5, 5.41) is 13.3. The zero-order chi connectivity index (χ0) is 11.5. The molecule has 0 radical (unpaired) electrons. The third kappa shape index (κ3) is 0.774. The maximum absolute atomic E-state index is 13.4. The van der Waals surface area contributed by atoms with Gasteiger partial charge in [0.05, 0.1) is 11.8 Å². The van der Waals surface area contributed by atoms with Crippen molar-refractivity contribution in [1.82, 2.24) is 10.2 Å². The summed E-state index contributed by atoms with van der Waals surface area (Å²) in [5.41, 5.74) is -5.97. The van der Waals surface area contributed by atoms with Crippen LogP contribution in [0.4, 0.5) is 22.0 Å². The Morgan fingerprint density at radius 2 is 1.73 bits per heavy atom. The molecule has 0 atom stereocenters. The number of nitrogens with one attached hydrogen (secondary N) is 1. The minimum atomic E-state index is -4.80. The number of nitriles is 1. The highest BCUT2D eigenvalue weighted by Gasteiger charge is 3.00. The van der Waals surface area contributed by atoms with Gasteiger partial charge in [-0.05, 0) is 0 Å². The van der Waals surface area contributed by atoms with Gasteiger partial charge in [0, 0.05) is 0 Å². The third-order valence-corrected chi connectivity index (χ3v) is 2.32. The molecule has 0 spiro atoms. The van der Waals surface area contributed by atoms with Gasteiger partial charge in [-0.1, -0.05) is 0 Å². The van der Waals surface area contributed by atoms with Crippen LogP contribution in [0.3, 0.4) is 0 Å². The maximum Gasteiger partial charge on any atom is 0.357 e. The molecule has 1 aromatic heterocycles. The number of nitrogens with zero attached hydrogens (tertiary/aromatic N) is 2. The van der Waals surface area contributed by atoms with Gasteiger partial charge in [0.2, 0.25) is 0 Å². The Balaban J connectivity index is 2.57. The van der Waals surface area contributed by atoms with Crippen LogP contribution in [0.15, 0.2) is 6.20 Å². The van der Waals surface area contributed by atoms with Crippen molar-refractivity contribution in [2.24, 2.45) is 0 Å². The molecule has 2 rings (SSSR count). The van der Waals surface area contributed by atoms with E-state index in [-0.39, 0.29) is 0 Å². The van der Waals surface area contributed by atoms with Gasteiger partial charge in [0.25, 0.3) is 5.67 Å². The van der Waals surface area contributed by atoms with Crippen LogP contribution in [0.25, 0.3) is 0 Å². The van der Waals surface area contributed by atoms with Gasteiger partial charge in [-0.2, -0.15) is 27.9 Å². The molecule has 1 aliphatic carbocycles. The number of alkyl halides is 5. The molecule has 1 aromatic rings. The molecule has 1 heterocycles. The minimum Gasteiger partial charge on any atom is -0.268 e. The Morgan fingerprint density at radius 1 is 1.20 bits per heavy atom. The highest BCUT2D eigenvalue weighted by molar-refractivity contribution is 5.47. The van der Waals surface area contributed by atoms with Gasteiger partial charge in [-0.25, -0.2) is 4.39 Å². The lowest BCUT2D eigenvalue weighted by molar-refractivity contribution is -0.0278. The number of aromatic amines is 1. The first-order chi connectivity index (χ1) is 6.80. The summed E-state index contributed by atoms with van der Waals surface area (Å²) >= 11 is 0.